The summed E-state index contributed by atoms with van der Waals surface area (Å²) in [6, 6.07) is 27.3. The predicted octanol–water partition coefficient (Wildman–Crippen LogP) is 3.55. The van der Waals surface area contributed by atoms with Gasteiger partial charge in [0.2, 0.25) is 0 Å². The van der Waals surface area contributed by atoms with Crippen molar-refractivity contribution < 1.29 is 29.4 Å². The maximum atomic E-state index is 9.60. The Labute approximate surface area is 294 Å². The molecule has 0 bridgehead atoms. The number of hydrogen-bond donors (Lipinski definition) is 4. The van der Waals surface area contributed by atoms with Crippen LogP contribution in [0.5, 0.6) is 11.5 Å². The summed E-state index contributed by atoms with van der Waals surface area (Å²) >= 11 is 0. The summed E-state index contributed by atoms with van der Waals surface area (Å²) < 4.78 is 10.2. The molecule has 2 radical (unpaired) electrons. The van der Waals surface area contributed by atoms with E-state index in [4.69, 9.17) is 24.3 Å². The van der Waals surface area contributed by atoms with Gasteiger partial charge >= 0.3 is 22.5 Å². The predicted molar refractivity (Wildman–Crippen MR) is 193 cm³/mol. The molecule has 0 atom stereocenters. The van der Waals surface area contributed by atoms with Crippen molar-refractivity contribution in [2.24, 2.45) is 0 Å². The van der Waals surface area contributed by atoms with Gasteiger partial charge in [0.15, 0.2) is 0 Å². The molecule has 0 saturated carbocycles. The Hall–Kier alpha value is -6.25. The van der Waals surface area contributed by atoms with E-state index in [1.165, 1.54) is 12.3 Å². The molecule has 0 unspecified atom stereocenters. The van der Waals surface area contributed by atoms with E-state index < -0.39 is 7.12 Å². The zero-order chi connectivity index (χ0) is 35.2. The molecule has 51 heavy (non-hydrogen) atoms. The van der Waals surface area contributed by atoms with Crippen molar-refractivity contribution in [3.8, 4) is 79.0 Å². The topological polar surface area (TPSA) is 177 Å². The molecule has 0 saturated heterocycles. The van der Waals surface area contributed by atoms with Crippen LogP contribution in [0.4, 0.5) is 0 Å². The maximum absolute atomic E-state index is 9.60. The molecule has 6 heterocycles. The molecule has 0 amide bonds. The summed E-state index contributed by atoms with van der Waals surface area (Å²) in [6.45, 7) is 0. The van der Waals surface area contributed by atoms with Crippen molar-refractivity contribution in [2.75, 3.05) is 0 Å². The van der Waals surface area contributed by atoms with E-state index in [2.05, 4.69) is 24.9 Å². The maximum Gasteiger partial charge on any atom is 0.569 e. The minimum atomic E-state index is -1.61. The van der Waals surface area contributed by atoms with Crippen molar-refractivity contribution in [1.29, 1.82) is 0 Å². The molecule has 0 aliphatic carbocycles. The van der Waals surface area contributed by atoms with Gasteiger partial charge in [-0.3, -0.25) is 29.9 Å². The minimum absolute atomic E-state index is 0.322. The highest BCUT2D eigenvalue weighted by Crippen LogP contribution is 2.34. The molecule has 12 nitrogen and oxygen atoms in total. The lowest BCUT2D eigenvalue weighted by molar-refractivity contribution is 0.425. The molecule has 0 spiro atoms. The lowest BCUT2D eigenvalue weighted by atomic mass is 9.80. The highest BCUT2D eigenvalue weighted by Gasteiger charge is 2.14. The molecular weight excluding hydrogens is 645 g/mol. The molecule has 0 aliphatic heterocycles. The van der Waals surface area contributed by atoms with Crippen LogP contribution < -0.4 is 14.8 Å². The van der Waals surface area contributed by atoms with E-state index in [1.54, 1.807) is 61.3 Å². The van der Waals surface area contributed by atoms with E-state index in [0.29, 0.717) is 60.8 Å². The number of hydrogen-bond acceptors (Lipinski definition) is 12. The van der Waals surface area contributed by atoms with Crippen LogP contribution in [-0.2, 0) is 0 Å². The first kappa shape index (κ1) is 33.3. The van der Waals surface area contributed by atoms with Gasteiger partial charge in [-0.25, -0.2) is 0 Å². The van der Waals surface area contributed by atoms with Crippen LogP contribution >= 0.6 is 0 Å². The van der Waals surface area contributed by atoms with Crippen molar-refractivity contribution in [3.05, 3.63) is 128 Å². The van der Waals surface area contributed by atoms with E-state index in [9.17, 15) is 10.0 Å². The third kappa shape index (κ3) is 7.67. The third-order valence-electron chi connectivity index (χ3n) is 7.93. The van der Waals surface area contributed by atoms with Gasteiger partial charge in [-0.1, -0.05) is 12.1 Å². The molecule has 1 aromatic carbocycles. The van der Waals surface area contributed by atoms with Crippen molar-refractivity contribution in [2.45, 2.75) is 0 Å². The van der Waals surface area contributed by atoms with Crippen molar-refractivity contribution in [1.82, 2.24) is 29.9 Å². The van der Waals surface area contributed by atoms with E-state index in [1.807, 2.05) is 54.6 Å². The van der Waals surface area contributed by atoms with Crippen LogP contribution in [0.2, 0.25) is 0 Å². The molecule has 15 heteroatoms. The number of aromatic nitrogens is 6. The minimum Gasteiger partial charge on any atom is -0.537 e. The first-order valence-corrected chi connectivity index (χ1v) is 15.5. The Bertz CT molecular complexity index is 2170. The molecular formula is C36H25B3N6O6. The zero-order valence-electron chi connectivity index (χ0n) is 26.6. The summed E-state index contributed by atoms with van der Waals surface area (Å²) in [5.41, 5.74) is 9.04. The average Bonchev–Trinajstić information content (AvgIpc) is 3.18. The van der Waals surface area contributed by atoms with Gasteiger partial charge in [-0.2, -0.15) is 0 Å². The standard InChI is InChI=1S/C36H25B3N6O6/c46-37-50-29-8-11-40-34(17-29)24-3-4-31(43-21-24)27-14-25(22-1-5-32(44-19-22)35-16-28(39(48)49)7-10-41-35)13-26(15-27)23-2-6-33(45-20-23)36-18-30(51-38-47)9-12-42-36/h1-21,46-49H. The lowest BCUT2D eigenvalue weighted by Crippen LogP contribution is -2.29. The number of rotatable bonds is 11. The smallest absolute Gasteiger partial charge is 0.537 e. The molecule has 0 fully saturated rings. The second-order valence-corrected chi connectivity index (χ2v) is 11.1. The van der Waals surface area contributed by atoms with Gasteiger partial charge < -0.3 is 29.4 Å². The Kier molecular flexibility index (Phi) is 9.85. The van der Waals surface area contributed by atoms with Crippen LogP contribution in [0.15, 0.2) is 128 Å². The quantitative estimate of drug-likeness (QED) is 0.148. The Morgan fingerprint density at radius 2 is 0.882 bits per heavy atom. The molecule has 7 aromatic rings. The van der Waals surface area contributed by atoms with E-state index in [0.717, 1.165) is 39.1 Å². The van der Waals surface area contributed by atoms with Gasteiger partial charge in [0.25, 0.3) is 0 Å². The summed E-state index contributed by atoms with van der Waals surface area (Å²) in [6.07, 6.45) is 9.92. The fraction of sp³-hybridized carbons (Fsp3) is 0. The highest BCUT2D eigenvalue weighted by molar-refractivity contribution is 6.58. The monoisotopic (exact) mass is 670 g/mol. The lowest BCUT2D eigenvalue weighted by Gasteiger charge is -2.12. The molecule has 4 N–H and O–H groups in total. The number of pyridine rings is 6. The molecule has 7 rings (SSSR count). The number of benzene rings is 1. The second kappa shape index (κ2) is 15.1. The Morgan fingerprint density at radius 3 is 1.41 bits per heavy atom. The number of nitrogens with zero attached hydrogens (tertiary/aromatic N) is 6. The van der Waals surface area contributed by atoms with Gasteiger partial charge in [0.05, 0.1) is 34.2 Å². The van der Waals surface area contributed by atoms with Crippen LogP contribution in [0.25, 0.3) is 67.5 Å². The van der Waals surface area contributed by atoms with Crippen LogP contribution in [0.3, 0.4) is 0 Å². The Morgan fingerprint density at radius 1 is 0.412 bits per heavy atom. The molecule has 0 aliphatic rings. The fourth-order valence-electron chi connectivity index (χ4n) is 5.39. The first-order valence-electron chi connectivity index (χ1n) is 15.5. The Balaban J connectivity index is 1.25. The van der Waals surface area contributed by atoms with E-state index >= 15 is 0 Å². The highest BCUT2D eigenvalue weighted by atomic mass is 16.5. The van der Waals surface area contributed by atoms with Crippen molar-refractivity contribution >= 4 is 28.0 Å². The fourth-order valence-corrected chi connectivity index (χ4v) is 5.39. The van der Waals surface area contributed by atoms with Crippen LogP contribution in [0, 0.1) is 0 Å². The van der Waals surface area contributed by atoms with Crippen molar-refractivity contribution in [3.63, 3.8) is 0 Å². The van der Waals surface area contributed by atoms with Gasteiger partial charge in [0.1, 0.15) is 11.5 Å². The van der Waals surface area contributed by atoms with Gasteiger partial charge in [0, 0.05) is 71.6 Å². The van der Waals surface area contributed by atoms with Gasteiger partial charge in [-0.15, -0.1) is 0 Å². The van der Waals surface area contributed by atoms with Gasteiger partial charge in [-0.05, 0) is 83.3 Å². The molecule has 244 valence electrons. The SMILES string of the molecule is O[B]Oc1ccnc(-c2ccc(-c3cc(-c4ccc(-c5cc(O[B]O)ccn5)nc4)cc(-c4ccc(-c5cc(B(O)O)ccn5)nc4)c3)nc2)c1. The van der Waals surface area contributed by atoms with Crippen LogP contribution in [0.1, 0.15) is 0 Å². The average molecular weight is 670 g/mol. The molecule has 6 aromatic heterocycles. The zero-order valence-corrected chi connectivity index (χ0v) is 26.6. The summed E-state index contributed by atoms with van der Waals surface area (Å²) in [5, 5.41) is 37.2. The normalized spacial score (nSPS) is 10.7. The summed E-state index contributed by atoms with van der Waals surface area (Å²) in [4.78, 5) is 27.2. The van der Waals surface area contributed by atoms with Crippen LogP contribution in [-0.4, -0.2) is 72.5 Å². The summed E-state index contributed by atoms with van der Waals surface area (Å²) in [5.74, 6) is 0.872. The largest absolute Gasteiger partial charge is 0.569 e. The first-order chi connectivity index (χ1) is 25.0. The summed E-state index contributed by atoms with van der Waals surface area (Å²) in [7, 11) is -0.376. The second-order valence-electron chi connectivity index (χ2n) is 11.1. The van der Waals surface area contributed by atoms with E-state index in [-0.39, 0.29) is 0 Å². The third-order valence-corrected chi connectivity index (χ3v) is 7.93.